The van der Waals surface area contributed by atoms with Gasteiger partial charge in [-0.3, -0.25) is 9.79 Å². The molecule has 0 aromatic heterocycles. The molecule has 0 radical (unpaired) electrons. The average molecular weight is 273 g/mol. The molecule has 0 heterocycles. The van der Waals surface area contributed by atoms with Crippen molar-refractivity contribution in [2.75, 3.05) is 0 Å². The van der Waals surface area contributed by atoms with E-state index in [1.165, 1.54) is 18.2 Å². The predicted molar refractivity (Wildman–Crippen MR) is 72.6 cm³/mol. The van der Waals surface area contributed by atoms with Crippen LogP contribution >= 0.6 is 0 Å². The Morgan fingerprint density at radius 2 is 1.53 bits per heavy atom. The van der Waals surface area contributed by atoms with Gasteiger partial charge in [-0.1, -0.05) is 30.3 Å². The van der Waals surface area contributed by atoms with Crippen molar-refractivity contribution in [2.45, 2.75) is 9.79 Å². The number of rotatable bonds is 4. The van der Waals surface area contributed by atoms with Crippen LogP contribution in [0.1, 0.15) is 0 Å². The Kier molecular flexibility index (Phi) is 3.87. The largest absolute Gasteiger partial charge is 0.297 e. The number of aldehydes is 1. The highest BCUT2D eigenvalue weighted by Gasteiger charge is 2.20. The van der Waals surface area contributed by atoms with Gasteiger partial charge in [0.2, 0.25) is 9.84 Å². The maximum Gasteiger partial charge on any atom is 0.208 e. The SMILES string of the molecule is O=CC=Nc1ccccc1S(=O)(=O)c1ccccc1. The van der Waals surface area contributed by atoms with Gasteiger partial charge in [-0.25, -0.2) is 8.42 Å². The first-order chi connectivity index (χ1) is 9.16. The highest BCUT2D eigenvalue weighted by Crippen LogP contribution is 2.28. The van der Waals surface area contributed by atoms with Crippen LogP contribution in [-0.2, 0) is 14.6 Å². The average Bonchev–Trinajstić information content (AvgIpc) is 2.46. The predicted octanol–water partition coefficient (Wildman–Crippen LogP) is 2.42. The quantitative estimate of drug-likeness (QED) is 0.634. The number of hydrogen-bond donors (Lipinski definition) is 0. The van der Waals surface area contributed by atoms with E-state index in [2.05, 4.69) is 4.99 Å². The second kappa shape index (κ2) is 5.58. The van der Waals surface area contributed by atoms with Crippen molar-refractivity contribution in [1.29, 1.82) is 0 Å². The van der Waals surface area contributed by atoms with Crippen LogP contribution < -0.4 is 0 Å². The van der Waals surface area contributed by atoms with Gasteiger partial charge in [0.25, 0.3) is 0 Å². The van der Waals surface area contributed by atoms with E-state index in [0.29, 0.717) is 6.29 Å². The molecule has 2 aromatic carbocycles. The lowest BCUT2D eigenvalue weighted by molar-refractivity contribution is -0.102. The minimum Gasteiger partial charge on any atom is -0.297 e. The molecule has 0 N–H and O–H groups in total. The Morgan fingerprint density at radius 3 is 2.21 bits per heavy atom. The van der Waals surface area contributed by atoms with Crippen LogP contribution in [0.25, 0.3) is 0 Å². The van der Waals surface area contributed by atoms with Crippen molar-refractivity contribution in [3.8, 4) is 0 Å². The van der Waals surface area contributed by atoms with Crippen molar-refractivity contribution in [3.05, 3.63) is 54.6 Å². The third-order valence-electron chi connectivity index (χ3n) is 2.48. The summed E-state index contributed by atoms with van der Waals surface area (Å²) in [5, 5.41) is 0. The minimum atomic E-state index is -3.63. The maximum absolute atomic E-state index is 12.5. The molecule has 96 valence electrons. The molecule has 2 rings (SSSR count). The monoisotopic (exact) mass is 273 g/mol. The van der Waals surface area contributed by atoms with E-state index in [4.69, 9.17) is 0 Å². The summed E-state index contributed by atoms with van der Waals surface area (Å²) in [6, 6.07) is 14.4. The fourth-order valence-electron chi connectivity index (χ4n) is 1.63. The Balaban J connectivity index is 2.59. The number of sulfone groups is 1. The van der Waals surface area contributed by atoms with E-state index in [9.17, 15) is 13.2 Å². The van der Waals surface area contributed by atoms with Gasteiger partial charge in [0.1, 0.15) is 0 Å². The smallest absolute Gasteiger partial charge is 0.208 e. The van der Waals surface area contributed by atoms with Gasteiger partial charge in [-0.2, -0.15) is 0 Å². The molecule has 0 atom stereocenters. The molecule has 0 saturated heterocycles. The number of carbonyl (C=O) groups is 1. The van der Waals surface area contributed by atoms with E-state index in [1.807, 2.05) is 0 Å². The highest BCUT2D eigenvalue weighted by atomic mass is 32.2. The number of aliphatic imine (C=N–C) groups is 1. The second-order valence-electron chi connectivity index (χ2n) is 3.70. The lowest BCUT2D eigenvalue weighted by Crippen LogP contribution is -2.02. The van der Waals surface area contributed by atoms with Crippen LogP contribution in [0.4, 0.5) is 5.69 Å². The van der Waals surface area contributed by atoms with Gasteiger partial charge >= 0.3 is 0 Å². The second-order valence-corrected chi connectivity index (χ2v) is 5.62. The lowest BCUT2D eigenvalue weighted by atomic mass is 10.3. The highest BCUT2D eigenvalue weighted by molar-refractivity contribution is 7.91. The normalized spacial score (nSPS) is 11.6. The molecule has 0 fully saturated rings. The zero-order valence-corrected chi connectivity index (χ0v) is 10.7. The summed E-state index contributed by atoms with van der Waals surface area (Å²) in [6.45, 7) is 0. The topological polar surface area (TPSA) is 63.6 Å². The zero-order chi connectivity index (χ0) is 13.7. The summed E-state index contributed by atoms with van der Waals surface area (Å²) < 4.78 is 24.9. The molecule has 0 aliphatic rings. The molecule has 4 nitrogen and oxygen atoms in total. The fraction of sp³-hybridized carbons (Fsp3) is 0. The van der Waals surface area contributed by atoms with Crippen molar-refractivity contribution >= 4 is 28.0 Å². The van der Waals surface area contributed by atoms with Crippen LogP contribution in [0.15, 0.2) is 69.4 Å². The van der Waals surface area contributed by atoms with E-state index >= 15 is 0 Å². The molecule has 19 heavy (non-hydrogen) atoms. The first-order valence-corrected chi connectivity index (χ1v) is 7.01. The molecular weight excluding hydrogens is 262 g/mol. The Hall–Kier alpha value is -2.27. The number of hydrogen-bond acceptors (Lipinski definition) is 4. The molecule has 0 saturated carbocycles. The molecule has 2 aromatic rings. The van der Waals surface area contributed by atoms with Crippen molar-refractivity contribution in [3.63, 3.8) is 0 Å². The van der Waals surface area contributed by atoms with Gasteiger partial charge in [-0.15, -0.1) is 0 Å². The summed E-state index contributed by atoms with van der Waals surface area (Å²) in [5.41, 5.74) is 0.249. The molecule has 0 bridgehead atoms. The zero-order valence-electron chi connectivity index (χ0n) is 9.93. The Bertz CT molecular complexity index is 706. The molecule has 0 aliphatic heterocycles. The third-order valence-corrected chi connectivity index (χ3v) is 4.30. The van der Waals surface area contributed by atoms with Gasteiger partial charge in [0.15, 0.2) is 6.29 Å². The van der Waals surface area contributed by atoms with Crippen LogP contribution in [0, 0.1) is 0 Å². The van der Waals surface area contributed by atoms with Crippen molar-refractivity contribution in [2.24, 2.45) is 4.99 Å². The van der Waals surface area contributed by atoms with Crippen LogP contribution in [-0.4, -0.2) is 20.9 Å². The summed E-state index contributed by atoms with van der Waals surface area (Å²) in [6.07, 6.45) is 1.53. The lowest BCUT2D eigenvalue weighted by Gasteiger charge is -2.06. The first-order valence-electron chi connectivity index (χ1n) is 5.53. The molecule has 0 spiro atoms. The molecule has 5 heteroatoms. The number of carbonyl (C=O) groups excluding carboxylic acids is 1. The number of benzene rings is 2. The molecule has 0 aliphatic carbocycles. The van der Waals surface area contributed by atoms with Crippen molar-refractivity contribution in [1.82, 2.24) is 0 Å². The van der Waals surface area contributed by atoms with Gasteiger partial charge in [0, 0.05) is 0 Å². The first kappa shape index (κ1) is 13.2. The van der Waals surface area contributed by atoms with Gasteiger partial charge in [-0.05, 0) is 24.3 Å². The van der Waals surface area contributed by atoms with Crippen LogP contribution in [0.2, 0.25) is 0 Å². The van der Waals surface area contributed by atoms with Crippen LogP contribution in [0.3, 0.4) is 0 Å². The maximum atomic E-state index is 12.5. The third kappa shape index (κ3) is 2.77. The van der Waals surface area contributed by atoms with E-state index in [0.717, 1.165) is 6.21 Å². The summed E-state index contributed by atoms with van der Waals surface area (Å²) in [7, 11) is -3.63. The van der Waals surface area contributed by atoms with Crippen molar-refractivity contribution < 1.29 is 13.2 Å². The van der Waals surface area contributed by atoms with E-state index in [-0.39, 0.29) is 15.5 Å². The Morgan fingerprint density at radius 1 is 0.895 bits per heavy atom. The van der Waals surface area contributed by atoms with E-state index in [1.54, 1.807) is 36.4 Å². The number of para-hydroxylation sites is 1. The summed E-state index contributed by atoms with van der Waals surface area (Å²) >= 11 is 0. The standard InChI is InChI=1S/C14H11NO3S/c16-11-10-15-13-8-4-5-9-14(13)19(17,18)12-6-2-1-3-7-12/h1-11H. The Labute approximate surface area is 111 Å². The van der Waals surface area contributed by atoms with Crippen LogP contribution in [0.5, 0.6) is 0 Å². The van der Waals surface area contributed by atoms with E-state index < -0.39 is 9.84 Å². The molecule has 0 amide bonds. The summed E-state index contributed by atoms with van der Waals surface area (Å²) in [5.74, 6) is 0. The fourth-order valence-corrected chi connectivity index (χ4v) is 3.05. The van der Waals surface area contributed by atoms with Gasteiger partial charge < -0.3 is 0 Å². The van der Waals surface area contributed by atoms with Gasteiger partial charge in [0.05, 0.1) is 21.7 Å². The summed E-state index contributed by atoms with van der Waals surface area (Å²) in [4.78, 5) is 14.4. The molecule has 0 unspecified atom stereocenters. The molecular formula is C14H11NO3S. The minimum absolute atomic E-state index is 0.0827. The number of nitrogens with zero attached hydrogens (tertiary/aromatic N) is 1.